The van der Waals surface area contributed by atoms with Crippen molar-refractivity contribution in [2.45, 2.75) is 39.7 Å². The number of benzene rings is 1. The fourth-order valence-electron chi connectivity index (χ4n) is 2.80. The summed E-state index contributed by atoms with van der Waals surface area (Å²) in [6, 6.07) is 11.1. The van der Waals surface area contributed by atoms with Crippen LogP contribution in [0, 0.1) is 0 Å². The lowest BCUT2D eigenvalue weighted by Gasteiger charge is -2.27. The van der Waals surface area contributed by atoms with Gasteiger partial charge in [-0.15, -0.1) is 11.3 Å². The van der Waals surface area contributed by atoms with Crippen LogP contribution in [0.15, 0.2) is 36.4 Å². The number of carbonyl (C=O) groups excluding carboxylic acids is 3. The van der Waals surface area contributed by atoms with E-state index in [2.05, 4.69) is 31.0 Å². The van der Waals surface area contributed by atoms with E-state index < -0.39 is 18.5 Å². The highest BCUT2D eigenvalue weighted by Gasteiger charge is 2.14. The number of amides is 1. The lowest BCUT2D eigenvalue weighted by molar-refractivity contribution is -0.147. The van der Waals surface area contributed by atoms with Crippen molar-refractivity contribution in [2.24, 2.45) is 0 Å². The first kappa shape index (κ1) is 22.9. The topological polar surface area (TPSA) is 75.7 Å². The fraction of sp³-hybridized carbons (Fsp3) is 0.381. The zero-order chi connectivity index (χ0) is 21.4. The SMILES string of the molecule is CCN(c1ccc(NC(=O)COC(=O)CCC(=O)c2ccc(Cl)s2)cc1)C(C)C. The quantitative estimate of drug-likeness (QED) is 0.428. The number of nitrogens with one attached hydrogen (secondary N) is 1. The maximum Gasteiger partial charge on any atom is 0.306 e. The number of carbonyl (C=O) groups is 3. The van der Waals surface area contributed by atoms with Crippen LogP contribution in [0.4, 0.5) is 11.4 Å². The average molecular weight is 437 g/mol. The Balaban J connectivity index is 1.74. The molecule has 0 saturated carbocycles. The first-order valence-corrected chi connectivity index (χ1v) is 10.6. The van der Waals surface area contributed by atoms with Gasteiger partial charge in [0.15, 0.2) is 12.4 Å². The van der Waals surface area contributed by atoms with Gasteiger partial charge in [-0.05, 0) is 57.2 Å². The van der Waals surface area contributed by atoms with E-state index in [1.165, 1.54) is 11.3 Å². The van der Waals surface area contributed by atoms with E-state index in [0.717, 1.165) is 12.2 Å². The van der Waals surface area contributed by atoms with Crippen LogP contribution in [0.25, 0.3) is 0 Å². The Morgan fingerprint density at radius 1 is 1.10 bits per heavy atom. The summed E-state index contributed by atoms with van der Waals surface area (Å²) in [4.78, 5) is 38.4. The number of thiophene rings is 1. The van der Waals surface area contributed by atoms with E-state index in [1.54, 1.807) is 12.1 Å². The van der Waals surface area contributed by atoms with Gasteiger partial charge in [0.2, 0.25) is 0 Å². The molecule has 2 aromatic rings. The summed E-state index contributed by atoms with van der Waals surface area (Å²) in [5.74, 6) is -1.20. The van der Waals surface area contributed by atoms with Crippen LogP contribution in [-0.2, 0) is 14.3 Å². The molecular weight excluding hydrogens is 412 g/mol. The fourth-order valence-corrected chi connectivity index (χ4v) is 3.81. The molecule has 0 aliphatic heterocycles. The second-order valence-corrected chi connectivity index (χ2v) is 8.38. The third kappa shape index (κ3) is 7.18. The second-order valence-electron chi connectivity index (χ2n) is 6.66. The molecule has 156 valence electrons. The minimum absolute atomic E-state index is 0.0164. The summed E-state index contributed by atoms with van der Waals surface area (Å²) in [7, 11) is 0. The third-order valence-electron chi connectivity index (χ3n) is 4.22. The molecule has 1 heterocycles. The highest BCUT2D eigenvalue weighted by molar-refractivity contribution is 7.18. The summed E-state index contributed by atoms with van der Waals surface area (Å²) in [5, 5.41) is 2.69. The maximum absolute atomic E-state index is 12.0. The summed E-state index contributed by atoms with van der Waals surface area (Å²) in [6.45, 7) is 6.83. The van der Waals surface area contributed by atoms with Crippen molar-refractivity contribution in [2.75, 3.05) is 23.4 Å². The van der Waals surface area contributed by atoms with Crippen molar-refractivity contribution >= 4 is 52.0 Å². The number of halogens is 1. The number of Topliss-reactive ketones (excluding diaryl/α,β-unsaturated/α-hetero) is 1. The molecule has 0 saturated heterocycles. The number of esters is 1. The van der Waals surface area contributed by atoms with Gasteiger partial charge in [-0.2, -0.15) is 0 Å². The predicted molar refractivity (Wildman–Crippen MR) is 117 cm³/mol. The van der Waals surface area contributed by atoms with E-state index in [4.69, 9.17) is 16.3 Å². The zero-order valence-electron chi connectivity index (χ0n) is 16.7. The Hall–Kier alpha value is -2.38. The number of rotatable bonds is 10. The van der Waals surface area contributed by atoms with Gasteiger partial charge in [-0.3, -0.25) is 14.4 Å². The van der Waals surface area contributed by atoms with E-state index in [-0.39, 0.29) is 18.6 Å². The van der Waals surface area contributed by atoms with Gasteiger partial charge in [0.25, 0.3) is 5.91 Å². The molecule has 0 fully saturated rings. The summed E-state index contributed by atoms with van der Waals surface area (Å²) in [5.41, 5.74) is 1.70. The minimum Gasteiger partial charge on any atom is -0.456 e. The molecule has 1 amide bonds. The summed E-state index contributed by atoms with van der Waals surface area (Å²) >= 11 is 6.96. The lowest BCUT2D eigenvalue weighted by Crippen LogP contribution is -2.30. The molecule has 0 atom stereocenters. The Morgan fingerprint density at radius 3 is 2.34 bits per heavy atom. The maximum atomic E-state index is 12.0. The van der Waals surface area contributed by atoms with Gasteiger partial charge in [-0.25, -0.2) is 0 Å². The van der Waals surface area contributed by atoms with Crippen LogP contribution in [-0.4, -0.2) is 36.9 Å². The zero-order valence-corrected chi connectivity index (χ0v) is 18.3. The monoisotopic (exact) mass is 436 g/mol. The molecule has 0 aliphatic rings. The van der Waals surface area contributed by atoms with Crippen molar-refractivity contribution in [3.63, 3.8) is 0 Å². The summed E-state index contributed by atoms with van der Waals surface area (Å²) in [6.07, 6.45) is -0.0685. The van der Waals surface area contributed by atoms with Gasteiger partial charge >= 0.3 is 5.97 Å². The van der Waals surface area contributed by atoms with E-state index >= 15 is 0 Å². The van der Waals surface area contributed by atoms with Crippen molar-refractivity contribution in [1.29, 1.82) is 0 Å². The van der Waals surface area contributed by atoms with Gasteiger partial charge in [-0.1, -0.05) is 11.6 Å². The number of nitrogens with zero attached hydrogens (tertiary/aromatic N) is 1. The van der Waals surface area contributed by atoms with Gasteiger partial charge < -0.3 is 15.0 Å². The molecule has 2 rings (SSSR count). The second kappa shape index (κ2) is 11.0. The molecular formula is C21H25ClN2O4S. The third-order valence-corrected chi connectivity index (χ3v) is 5.49. The van der Waals surface area contributed by atoms with Crippen LogP contribution in [0.1, 0.15) is 43.3 Å². The predicted octanol–water partition coefficient (Wildman–Crippen LogP) is 4.78. The smallest absolute Gasteiger partial charge is 0.306 e. The molecule has 0 aliphatic carbocycles. The first-order chi connectivity index (χ1) is 13.8. The first-order valence-electron chi connectivity index (χ1n) is 9.40. The Morgan fingerprint density at radius 2 is 1.79 bits per heavy atom. The van der Waals surface area contributed by atoms with Crippen LogP contribution in [0.2, 0.25) is 4.34 Å². The average Bonchev–Trinajstić information content (AvgIpc) is 3.12. The Kier molecular flexibility index (Phi) is 8.67. The molecule has 0 spiro atoms. The number of anilines is 2. The molecule has 1 aromatic heterocycles. The number of ether oxygens (including phenoxy) is 1. The molecule has 0 bridgehead atoms. The van der Waals surface area contributed by atoms with Crippen LogP contribution in [0.3, 0.4) is 0 Å². The Bertz CT molecular complexity index is 849. The standard InChI is InChI=1S/C21H25ClN2O4S/c1-4-24(14(2)3)16-7-5-15(6-8-16)23-20(26)13-28-21(27)12-9-17(25)18-10-11-19(22)29-18/h5-8,10-11,14H,4,9,12-13H2,1-3H3,(H,23,26). The van der Waals surface area contributed by atoms with E-state index in [0.29, 0.717) is 20.9 Å². The number of ketones is 1. The van der Waals surface area contributed by atoms with Crippen LogP contribution >= 0.6 is 22.9 Å². The highest BCUT2D eigenvalue weighted by atomic mass is 35.5. The number of hydrogen-bond donors (Lipinski definition) is 1. The molecule has 0 radical (unpaired) electrons. The van der Waals surface area contributed by atoms with E-state index in [9.17, 15) is 14.4 Å². The van der Waals surface area contributed by atoms with Gasteiger partial charge in [0.1, 0.15) is 0 Å². The van der Waals surface area contributed by atoms with Crippen LogP contribution < -0.4 is 10.2 Å². The molecule has 1 N–H and O–H groups in total. The van der Waals surface area contributed by atoms with Gasteiger partial charge in [0, 0.05) is 30.4 Å². The van der Waals surface area contributed by atoms with Crippen molar-refractivity contribution < 1.29 is 19.1 Å². The van der Waals surface area contributed by atoms with Crippen molar-refractivity contribution in [3.05, 3.63) is 45.6 Å². The van der Waals surface area contributed by atoms with Gasteiger partial charge in [0.05, 0.1) is 15.6 Å². The molecule has 6 nitrogen and oxygen atoms in total. The Labute approximate surface area is 179 Å². The van der Waals surface area contributed by atoms with Crippen molar-refractivity contribution in [3.8, 4) is 0 Å². The highest BCUT2D eigenvalue weighted by Crippen LogP contribution is 2.23. The molecule has 8 heteroatoms. The molecule has 1 aromatic carbocycles. The largest absolute Gasteiger partial charge is 0.456 e. The van der Waals surface area contributed by atoms with E-state index in [1.807, 2.05) is 24.3 Å². The normalized spacial score (nSPS) is 10.7. The van der Waals surface area contributed by atoms with Crippen LogP contribution in [0.5, 0.6) is 0 Å². The molecule has 29 heavy (non-hydrogen) atoms. The summed E-state index contributed by atoms with van der Waals surface area (Å²) < 4.78 is 5.46. The number of hydrogen-bond acceptors (Lipinski definition) is 6. The minimum atomic E-state index is -0.595. The van der Waals surface area contributed by atoms with Crippen molar-refractivity contribution in [1.82, 2.24) is 0 Å². The molecule has 0 unspecified atom stereocenters. The lowest BCUT2D eigenvalue weighted by atomic mass is 10.2.